The Morgan fingerprint density at radius 3 is 2.93 bits per heavy atom. The highest BCUT2D eigenvalue weighted by Crippen LogP contribution is 2.22. The highest BCUT2D eigenvalue weighted by atomic mass is 16.4. The van der Waals surface area contributed by atoms with Crippen molar-refractivity contribution in [3.05, 3.63) is 29.1 Å². The summed E-state index contributed by atoms with van der Waals surface area (Å²) in [7, 11) is 0. The van der Waals surface area contributed by atoms with E-state index in [4.69, 9.17) is 10.8 Å². The third-order valence-corrected chi connectivity index (χ3v) is 2.82. The molecule has 4 heteroatoms. The fourth-order valence-corrected chi connectivity index (χ4v) is 1.92. The van der Waals surface area contributed by atoms with Crippen LogP contribution in [0.2, 0.25) is 0 Å². The van der Waals surface area contributed by atoms with E-state index in [1.54, 1.807) is 6.20 Å². The lowest BCUT2D eigenvalue weighted by atomic mass is 9.94. The van der Waals surface area contributed by atoms with E-state index in [9.17, 15) is 4.79 Å². The van der Waals surface area contributed by atoms with Gasteiger partial charge in [0.25, 0.3) is 0 Å². The zero-order chi connectivity index (χ0) is 10.8. The van der Waals surface area contributed by atoms with Gasteiger partial charge in [-0.05, 0) is 36.8 Å². The van der Waals surface area contributed by atoms with E-state index in [1.165, 1.54) is 6.42 Å². The molecule has 1 aliphatic rings. The van der Waals surface area contributed by atoms with Crippen LogP contribution >= 0.6 is 0 Å². The lowest BCUT2D eigenvalue weighted by molar-refractivity contribution is -0.138. The zero-order valence-electron chi connectivity index (χ0n) is 8.44. The lowest BCUT2D eigenvalue weighted by Gasteiger charge is -2.16. The first kappa shape index (κ1) is 10.1. The number of carbonyl (C=O) groups is 1. The molecule has 80 valence electrons. The van der Waals surface area contributed by atoms with E-state index in [-0.39, 0.29) is 0 Å². The molecular formula is C11H14N2O2. The van der Waals surface area contributed by atoms with Crippen molar-refractivity contribution in [2.24, 2.45) is 5.73 Å². The van der Waals surface area contributed by atoms with E-state index in [0.29, 0.717) is 5.56 Å². The van der Waals surface area contributed by atoms with Gasteiger partial charge in [0.05, 0.1) is 0 Å². The van der Waals surface area contributed by atoms with E-state index < -0.39 is 12.0 Å². The second-order valence-corrected chi connectivity index (χ2v) is 3.90. The van der Waals surface area contributed by atoms with Gasteiger partial charge in [0.2, 0.25) is 0 Å². The van der Waals surface area contributed by atoms with Crippen LogP contribution in [0.3, 0.4) is 0 Å². The number of pyridine rings is 1. The second-order valence-electron chi connectivity index (χ2n) is 3.90. The predicted octanol–water partition coefficient (Wildman–Crippen LogP) is 1.04. The first-order chi connectivity index (χ1) is 7.18. The molecule has 1 heterocycles. The smallest absolute Gasteiger partial charge is 0.325 e. The molecule has 0 saturated heterocycles. The molecule has 0 fully saturated rings. The minimum atomic E-state index is -1.01. The van der Waals surface area contributed by atoms with Crippen LogP contribution in [0, 0.1) is 0 Å². The Hall–Kier alpha value is -1.42. The van der Waals surface area contributed by atoms with E-state index in [0.717, 1.165) is 30.5 Å². The summed E-state index contributed by atoms with van der Waals surface area (Å²) >= 11 is 0. The zero-order valence-corrected chi connectivity index (χ0v) is 8.44. The number of aryl methyl sites for hydroxylation is 2. The standard InChI is InChI=1S/C11H14N2O2/c12-10(11(14)15)8-5-7-3-1-2-4-9(7)13-6-8/h5-6,10H,1-4,12H2,(H,14,15). The van der Waals surface area contributed by atoms with Crippen LogP contribution in [0.5, 0.6) is 0 Å². The number of carboxylic acid groups (broad SMARTS) is 1. The Morgan fingerprint density at radius 1 is 1.47 bits per heavy atom. The summed E-state index contributed by atoms with van der Waals surface area (Å²) in [5.41, 5.74) is 8.39. The summed E-state index contributed by atoms with van der Waals surface area (Å²) in [6.07, 6.45) is 5.90. The molecule has 0 spiro atoms. The number of carboxylic acids is 1. The highest BCUT2D eigenvalue weighted by Gasteiger charge is 2.17. The number of fused-ring (bicyclic) bond motifs is 1. The van der Waals surface area contributed by atoms with Crippen LogP contribution in [-0.4, -0.2) is 16.1 Å². The molecule has 0 amide bonds. The quantitative estimate of drug-likeness (QED) is 0.758. The van der Waals surface area contributed by atoms with Crippen LogP contribution in [-0.2, 0) is 17.6 Å². The molecule has 0 saturated carbocycles. The third kappa shape index (κ3) is 1.99. The molecule has 0 radical (unpaired) electrons. The molecule has 0 bridgehead atoms. The minimum Gasteiger partial charge on any atom is -0.480 e. The number of aromatic nitrogens is 1. The van der Waals surface area contributed by atoms with Crippen LogP contribution in [0.25, 0.3) is 0 Å². The van der Waals surface area contributed by atoms with Gasteiger partial charge in [0, 0.05) is 11.9 Å². The summed E-state index contributed by atoms with van der Waals surface area (Å²) in [4.78, 5) is 15.0. The largest absolute Gasteiger partial charge is 0.480 e. The van der Waals surface area contributed by atoms with Gasteiger partial charge in [-0.15, -0.1) is 0 Å². The fourth-order valence-electron chi connectivity index (χ4n) is 1.92. The van der Waals surface area contributed by atoms with Gasteiger partial charge in [-0.1, -0.05) is 6.07 Å². The van der Waals surface area contributed by atoms with Gasteiger partial charge < -0.3 is 10.8 Å². The molecule has 0 aliphatic heterocycles. The topological polar surface area (TPSA) is 76.2 Å². The van der Waals surface area contributed by atoms with Crippen LogP contribution in [0.15, 0.2) is 12.3 Å². The normalized spacial score (nSPS) is 16.9. The average Bonchev–Trinajstić information content (AvgIpc) is 2.27. The summed E-state index contributed by atoms with van der Waals surface area (Å²) in [5.74, 6) is -1.01. The average molecular weight is 206 g/mol. The van der Waals surface area contributed by atoms with Crippen molar-refractivity contribution in [2.75, 3.05) is 0 Å². The monoisotopic (exact) mass is 206 g/mol. The van der Waals surface area contributed by atoms with Crippen LogP contribution in [0.4, 0.5) is 0 Å². The molecular weight excluding hydrogens is 192 g/mol. The maximum Gasteiger partial charge on any atom is 0.325 e. The van der Waals surface area contributed by atoms with Crippen LogP contribution < -0.4 is 5.73 Å². The lowest BCUT2D eigenvalue weighted by Crippen LogP contribution is -2.21. The van der Waals surface area contributed by atoms with Crippen molar-refractivity contribution >= 4 is 5.97 Å². The molecule has 0 aromatic carbocycles. The van der Waals surface area contributed by atoms with Crippen molar-refractivity contribution in [1.82, 2.24) is 4.98 Å². The minimum absolute atomic E-state index is 0.600. The number of aliphatic carboxylic acids is 1. The number of nitrogens with zero attached hydrogens (tertiary/aromatic N) is 1. The van der Waals surface area contributed by atoms with Gasteiger partial charge in [-0.25, -0.2) is 0 Å². The SMILES string of the molecule is NC(C(=O)O)c1cnc2c(c1)CCCC2. The Balaban J connectivity index is 2.31. The number of rotatable bonds is 2. The van der Waals surface area contributed by atoms with Crippen molar-refractivity contribution in [3.8, 4) is 0 Å². The molecule has 1 aromatic heterocycles. The Labute approximate surface area is 88.1 Å². The molecule has 3 N–H and O–H groups in total. The first-order valence-electron chi connectivity index (χ1n) is 5.14. The molecule has 15 heavy (non-hydrogen) atoms. The number of hydrogen-bond donors (Lipinski definition) is 2. The van der Waals surface area contributed by atoms with Gasteiger partial charge in [0.15, 0.2) is 0 Å². The maximum atomic E-state index is 10.7. The molecule has 1 aliphatic carbocycles. The Kier molecular flexibility index (Phi) is 2.68. The fraction of sp³-hybridized carbons (Fsp3) is 0.455. The van der Waals surface area contributed by atoms with Crippen molar-refractivity contribution in [3.63, 3.8) is 0 Å². The molecule has 1 unspecified atom stereocenters. The molecule has 1 aromatic rings. The Bertz CT molecular complexity index is 390. The van der Waals surface area contributed by atoms with Gasteiger partial charge in [-0.3, -0.25) is 9.78 Å². The van der Waals surface area contributed by atoms with E-state index in [1.807, 2.05) is 6.07 Å². The summed E-state index contributed by atoms with van der Waals surface area (Å²) < 4.78 is 0. The number of nitrogens with two attached hydrogens (primary N) is 1. The highest BCUT2D eigenvalue weighted by molar-refractivity contribution is 5.75. The maximum absolute atomic E-state index is 10.7. The molecule has 1 atom stereocenters. The van der Waals surface area contributed by atoms with Gasteiger partial charge in [-0.2, -0.15) is 0 Å². The summed E-state index contributed by atoms with van der Waals surface area (Å²) in [6.45, 7) is 0. The predicted molar refractivity (Wildman–Crippen MR) is 55.4 cm³/mol. The Morgan fingerprint density at radius 2 is 2.20 bits per heavy atom. The van der Waals surface area contributed by atoms with Gasteiger partial charge in [0.1, 0.15) is 6.04 Å². The molecule has 2 rings (SSSR count). The summed E-state index contributed by atoms with van der Waals surface area (Å²) in [5, 5.41) is 8.79. The number of hydrogen-bond acceptors (Lipinski definition) is 3. The van der Waals surface area contributed by atoms with E-state index >= 15 is 0 Å². The first-order valence-corrected chi connectivity index (χ1v) is 5.14. The summed E-state index contributed by atoms with van der Waals surface area (Å²) in [6, 6.07) is 0.935. The van der Waals surface area contributed by atoms with Crippen molar-refractivity contribution in [2.45, 2.75) is 31.7 Å². The van der Waals surface area contributed by atoms with Crippen molar-refractivity contribution < 1.29 is 9.90 Å². The van der Waals surface area contributed by atoms with Crippen molar-refractivity contribution in [1.29, 1.82) is 0 Å². The van der Waals surface area contributed by atoms with Crippen LogP contribution in [0.1, 0.15) is 35.7 Å². The second kappa shape index (κ2) is 3.98. The van der Waals surface area contributed by atoms with E-state index in [2.05, 4.69) is 4.98 Å². The van der Waals surface area contributed by atoms with Gasteiger partial charge >= 0.3 is 5.97 Å². The third-order valence-electron chi connectivity index (χ3n) is 2.82. The molecule has 4 nitrogen and oxygen atoms in total.